The van der Waals surface area contributed by atoms with Gasteiger partial charge in [0.25, 0.3) is 0 Å². The minimum absolute atomic E-state index is 0.0176. The van der Waals surface area contributed by atoms with Gasteiger partial charge < -0.3 is 20.7 Å². The van der Waals surface area contributed by atoms with Crippen LogP contribution in [-0.2, 0) is 0 Å². The van der Waals surface area contributed by atoms with Gasteiger partial charge >= 0.3 is 0 Å². The summed E-state index contributed by atoms with van der Waals surface area (Å²) in [6.45, 7) is 0. The molecule has 0 radical (unpaired) electrons. The van der Waals surface area contributed by atoms with Gasteiger partial charge in [0.2, 0.25) is 5.95 Å². The van der Waals surface area contributed by atoms with Crippen LogP contribution in [0.5, 0.6) is 5.75 Å². The van der Waals surface area contributed by atoms with Crippen molar-refractivity contribution in [1.29, 1.82) is 0 Å². The SMILES string of the molecule is Oc1cccc(Nc2nc(Nc3ccc4cc[nH]c4c3)ncc2F)c1. The van der Waals surface area contributed by atoms with Crippen molar-refractivity contribution in [3.05, 3.63) is 66.7 Å². The van der Waals surface area contributed by atoms with Crippen LogP contribution in [0.25, 0.3) is 10.9 Å². The molecule has 2 aromatic heterocycles. The van der Waals surface area contributed by atoms with Crippen LogP contribution in [0, 0.1) is 5.82 Å². The van der Waals surface area contributed by atoms with Crippen molar-refractivity contribution in [3.63, 3.8) is 0 Å². The molecule has 4 N–H and O–H groups in total. The zero-order valence-corrected chi connectivity index (χ0v) is 13.0. The molecule has 2 heterocycles. The minimum atomic E-state index is -0.589. The molecule has 0 aliphatic rings. The number of phenols is 1. The first-order valence-corrected chi connectivity index (χ1v) is 7.60. The average molecular weight is 335 g/mol. The molecule has 25 heavy (non-hydrogen) atoms. The van der Waals surface area contributed by atoms with Gasteiger partial charge in [-0.1, -0.05) is 12.1 Å². The molecule has 0 saturated carbocycles. The first kappa shape index (κ1) is 14.9. The number of aromatic hydroxyl groups is 1. The summed E-state index contributed by atoms with van der Waals surface area (Å²) in [5.74, 6) is -0.232. The largest absolute Gasteiger partial charge is 0.508 e. The third-order valence-corrected chi connectivity index (χ3v) is 3.66. The monoisotopic (exact) mass is 335 g/mol. The van der Waals surface area contributed by atoms with E-state index in [1.54, 1.807) is 12.1 Å². The number of phenolic OH excluding ortho intramolecular Hbond substituents is 1. The van der Waals surface area contributed by atoms with Gasteiger partial charge in [-0.15, -0.1) is 0 Å². The number of halogens is 1. The number of nitrogens with zero attached hydrogens (tertiary/aromatic N) is 2. The quantitative estimate of drug-likeness (QED) is 0.447. The van der Waals surface area contributed by atoms with E-state index in [-0.39, 0.29) is 17.5 Å². The van der Waals surface area contributed by atoms with Crippen molar-refractivity contribution in [2.45, 2.75) is 0 Å². The van der Waals surface area contributed by atoms with Crippen LogP contribution < -0.4 is 10.6 Å². The lowest BCUT2D eigenvalue weighted by Crippen LogP contribution is -2.03. The fraction of sp³-hybridized carbons (Fsp3) is 0. The summed E-state index contributed by atoms with van der Waals surface area (Å²) in [6, 6.07) is 14.1. The molecular formula is C18H14FN5O. The highest BCUT2D eigenvalue weighted by atomic mass is 19.1. The summed E-state index contributed by atoms with van der Waals surface area (Å²) in [6.07, 6.45) is 2.95. The smallest absolute Gasteiger partial charge is 0.229 e. The predicted octanol–water partition coefficient (Wildman–Crippen LogP) is 4.29. The van der Waals surface area contributed by atoms with Gasteiger partial charge in [0.15, 0.2) is 11.6 Å². The summed E-state index contributed by atoms with van der Waals surface area (Å²) in [5, 5.41) is 16.5. The molecule has 0 aliphatic carbocycles. The van der Waals surface area contributed by atoms with Gasteiger partial charge in [-0.05, 0) is 35.7 Å². The van der Waals surface area contributed by atoms with Crippen molar-refractivity contribution in [2.24, 2.45) is 0 Å². The lowest BCUT2D eigenvalue weighted by molar-refractivity contribution is 0.475. The Labute approximate surface area is 142 Å². The van der Waals surface area contributed by atoms with Crippen LogP contribution in [-0.4, -0.2) is 20.1 Å². The lowest BCUT2D eigenvalue weighted by Gasteiger charge is -2.10. The van der Waals surface area contributed by atoms with E-state index in [1.165, 1.54) is 12.1 Å². The van der Waals surface area contributed by atoms with E-state index >= 15 is 0 Å². The van der Waals surface area contributed by atoms with E-state index in [4.69, 9.17) is 0 Å². The van der Waals surface area contributed by atoms with E-state index in [0.29, 0.717) is 5.69 Å². The maximum atomic E-state index is 14.0. The van der Waals surface area contributed by atoms with E-state index in [2.05, 4.69) is 25.6 Å². The van der Waals surface area contributed by atoms with Crippen LogP contribution in [0.2, 0.25) is 0 Å². The number of aromatic nitrogens is 3. The van der Waals surface area contributed by atoms with Crippen molar-refractivity contribution >= 4 is 34.0 Å². The number of rotatable bonds is 4. The third kappa shape index (κ3) is 3.20. The van der Waals surface area contributed by atoms with Gasteiger partial charge in [0.05, 0.1) is 6.20 Å². The maximum Gasteiger partial charge on any atom is 0.229 e. The second-order valence-corrected chi connectivity index (χ2v) is 5.47. The van der Waals surface area contributed by atoms with E-state index in [9.17, 15) is 9.50 Å². The zero-order valence-electron chi connectivity index (χ0n) is 13.0. The summed E-state index contributed by atoms with van der Waals surface area (Å²) < 4.78 is 14.0. The number of fused-ring (bicyclic) bond motifs is 1. The molecule has 0 atom stereocenters. The molecule has 0 saturated heterocycles. The van der Waals surface area contributed by atoms with Crippen molar-refractivity contribution in [2.75, 3.05) is 10.6 Å². The van der Waals surface area contributed by atoms with E-state index in [1.807, 2.05) is 30.5 Å². The van der Waals surface area contributed by atoms with Gasteiger partial charge in [-0.3, -0.25) is 0 Å². The number of nitrogens with one attached hydrogen (secondary N) is 3. The number of benzene rings is 2. The standard InChI is InChI=1S/C18H14FN5O/c19-15-10-21-18(23-13-5-4-11-6-7-20-16(11)9-13)24-17(15)22-12-2-1-3-14(25)8-12/h1-10,20,25H,(H2,21,22,23,24). The second kappa shape index (κ2) is 6.12. The predicted molar refractivity (Wildman–Crippen MR) is 95.0 cm³/mol. The van der Waals surface area contributed by atoms with Crippen LogP contribution in [0.15, 0.2) is 60.9 Å². The fourth-order valence-electron chi connectivity index (χ4n) is 2.49. The van der Waals surface area contributed by atoms with E-state index in [0.717, 1.165) is 22.8 Å². The summed E-state index contributed by atoms with van der Waals surface area (Å²) in [7, 11) is 0. The third-order valence-electron chi connectivity index (χ3n) is 3.66. The Hall–Kier alpha value is -3.61. The molecule has 7 heteroatoms. The molecule has 2 aromatic carbocycles. The van der Waals surface area contributed by atoms with Gasteiger partial charge in [-0.25, -0.2) is 9.37 Å². The number of hydrogen-bond acceptors (Lipinski definition) is 5. The molecule has 0 spiro atoms. The summed E-state index contributed by atoms with van der Waals surface area (Å²) >= 11 is 0. The summed E-state index contributed by atoms with van der Waals surface area (Å²) in [5.41, 5.74) is 2.28. The van der Waals surface area contributed by atoms with E-state index < -0.39 is 5.82 Å². The zero-order chi connectivity index (χ0) is 17.2. The van der Waals surface area contributed by atoms with Crippen molar-refractivity contribution in [3.8, 4) is 5.75 Å². The Kier molecular flexibility index (Phi) is 3.66. The Morgan fingerprint density at radius 1 is 1.00 bits per heavy atom. The number of hydrogen-bond donors (Lipinski definition) is 4. The average Bonchev–Trinajstić information content (AvgIpc) is 3.06. The molecule has 0 fully saturated rings. The molecule has 6 nitrogen and oxygen atoms in total. The van der Waals surface area contributed by atoms with Crippen LogP contribution in [0.1, 0.15) is 0 Å². The maximum absolute atomic E-state index is 14.0. The summed E-state index contributed by atoms with van der Waals surface area (Å²) in [4.78, 5) is 11.3. The van der Waals surface area contributed by atoms with Crippen LogP contribution in [0.4, 0.5) is 27.5 Å². The van der Waals surface area contributed by atoms with Crippen LogP contribution in [0.3, 0.4) is 0 Å². The molecule has 4 aromatic rings. The normalized spacial score (nSPS) is 10.8. The second-order valence-electron chi connectivity index (χ2n) is 5.47. The Balaban J connectivity index is 1.60. The Bertz CT molecular complexity index is 1050. The fourth-order valence-corrected chi connectivity index (χ4v) is 2.49. The van der Waals surface area contributed by atoms with Crippen molar-refractivity contribution in [1.82, 2.24) is 15.0 Å². The highest BCUT2D eigenvalue weighted by Gasteiger charge is 2.08. The van der Waals surface area contributed by atoms with Crippen LogP contribution >= 0.6 is 0 Å². The van der Waals surface area contributed by atoms with Gasteiger partial charge in [0, 0.05) is 29.2 Å². The molecule has 0 bridgehead atoms. The molecule has 0 unspecified atom stereocenters. The minimum Gasteiger partial charge on any atom is -0.508 e. The number of H-pyrrole nitrogens is 1. The highest BCUT2D eigenvalue weighted by Crippen LogP contribution is 2.24. The first-order chi connectivity index (χ1) is 12.2. The molecule has 4 rings (SSSR count). The number of anilines is 4. The van der Waals surface area contributed by atoms with Gasteiger partial charge in [0.1, 0.15) is 5.75 Å². The topological polar surface area (TPSA) is 85.9 Å². The highest BCUT2D eigenvalue weighted by molar-refractivity contribution is 5.83. The molecular weight excluding hydrogens is 321 g/mol. The number of aromatic amines is 1. The Morgan fingerprint density at radius 2 is 1.88 bits per heavy atom. The van der Waals surface area contributed by atoms with Gasteiger partial charge in [-0.2, -0.15) is 4.98 Å². The first-order valence-electron chi connectivity index (χ1n) is 7.60. The lowest BCUT2D eigenvalue weighted by atomic mass is 10.2. The van der Waals surface area contributed by atoms with Crippen molar-refractivity contribution < 1.29 is 9.50 Å². The molecule has 0 aliphatic heterocycles. The Morgan fingerprint density at radius 3 is 2.76 bits per heavy atom. The molecule has 124 valence electrons. The molecule has 0 amide bonds.